The van der Waals surface area contributed by atoms with E-state index in [1.807, 2.05) is 48.8 Å². The predicted octanol–water partition coefficient (Wildman–Crippen LogP) is 3.11. The first-order valence-corrected chi connectivity index (χ1v) is 12.0. The van der Waals surface area contributed by atoms with Gasteiger partial charge in [0.25, 0.3) is 5.91 Å². The largest absolute Gasteiger partial charge is 0.497 e. The maximum atomic E-state index is 13.1. The first-order valence-electron chi connectivity index (χ1n) is 12.0. The molecule has 8 heteroatoms. The van der Waals surface area contributed by atoms with E-state index in [4.69, 9.17) is 14.2 Å². The van der Waals surface area contributed by atoms with Gasteiger partial charge in [-0.2, -0.15) is 0 Å². The molecular weight excluding hydrogens is 444 g/mol. The van der Waals surface area contributed by atoms with E-state index >= 15 is 0 Å². The van der Waals surface area contributed by atoms with Crippen LogP contribution in [0.4, 0.5) is 0 Å². The Hall–Kier alpha value is -3.36. The molecule has 0 saturated carbocycles. The van der Waals surface area contributed by atoms with Crippen LogP contribution in [0.15, 0.2) is 60.9 Å². The van der Waals surface area contributed by atoms with Gasteiger partial charge in [0.1, 0.15) is 22.9 Å². The van der Waals surface area contributed by atoms with Gasteiger partial charge in [-0.05, 0) is 48.2 Å². The first-order chi connectivity index (χ1) is 17.1. The third-order valence-electron chi connectivity index (χ3n) is 7.00. The summed E-state index contributed by atoms with van der Waals surface area (Å²) in [5.41, 5.74) is 1.73. The number of benzene rings is 2. The number of carbonyl (C=O) groups is 1. The standard InChI is InChI=1S/C27H32N4O4/c1-33-22-7-3-20(4-8-22)17-29-25(32)24-19-31-16-13-28-26(31)27(35-24)11-14-30(15-12-27)18-21-5-9-23(34-2)10-6-21/h3-10,13,16,24H,11-12,14-15,17-19H2,1-2H3,(H,29,32). The number of piperidine rings is 1. The van der Waals surface area contributed by atoms with Crippen molar-refractivity contribution < 1.29 is 19.0 Å². The number of fused-ring (bicyclic) bond motifs is 2. The number of amides is 1. The Balaban J connectivity index is 1.22. The molecule has 3 heterocycles. The molecule has 1 spiro atoms. The predicted molar refractivity (Wildman–Crippen MR) is 131 cm³/mol. The molecule has 0 radical (unpaired) electrons. The van der Waals surface area contributed by atoms with Crippen molar-refractivity contribution >= 4 is 5.91 Å². The second kappa shape index (κ2) is 10.1. The van der Waals surface area contributed by atoms with Crippen LogP contribution in [0.3, 0.4) is 0 Å². The van der Waals surface area contributed by atoms with Crippen molar-refractivity contribution in [1.29, 1.82) is 0 Å². The SMILES string of the molecule is COc1ccc(CNC(=O)C2Cn3ccnc3C3(CCN(Cc4ccc(OC)cc4)CC3)O2)cc1. The van der Waals surface area contributed by atoms with Crippen LogP contribution in [0.1, 0.15) is 29.8 Å². The highest BCUT2D eigenvalue weighted by atomic mass is 16.5. The van der Waals surface area contributed by atoms with Gasteiger partial charge in [0, 0.05) is 38.6 Å². The van der Waals surface area contributed by atoms with Crippen LogP contribution in [0.5, 0.6) is 11.5 Å². The Labute approximate surface area is 205 Å². The normalized spacial score (nSPS) is 19.2. The fourth-order valence-corrected chi connectivity index (χ4v) is 4.98. The highest BCUT2D eigenvalue weighted by molar-refractivity contribution is 5.81. The third-order valence-corrected chi connectivity index (χ3v) is 7.00. The molecule has 1 N–H and O–H groups in total. The number of likely N-dealkylation sites (tertiary alicyclic amines) is 1. The number of carbonyl (C=O) groups excluding carboxylic acids is 1. The Kier molecular flexibility index (Phi) is 6.74. The molecule has 8 nitrogen and oxygen atoms in total. The summed E-state index contributed by atoms with van der Waals surface area (Å²) in [5.74, 6) is 2.50. The molecule has 184 valence electrons. The molecule has 1 saturated heterocycles. The topological polar surface area (TPSA) is 77.9 Å². The molecule has 0 bridgehead atoms. The van der Waals surface area contributed by atoms with Crippen LogP contribution in [-0.2, 0) is 34.8 Å². The van der Waals surface area contributed by atoms with Crippen molar-refractivity contribution in [2.45, 2.75) is 44.2 Å². The van der Waals surface area contributed by atoms with Crippen LogP contribution >= 0.6 is 0 Å². The molecule has 1 unspecified atom stereocenters. The molecule has 2 aromatic carbocycles. The Bertz CT molecular complexity index is 1130. The van der Waals surface area contributed by atoms with Gasteiger partial charge >= 0.3 is 0 Å². The van der Waals surface area contributed by atoms with Crippen molar-refractivity contribution in [1.82, 2.24) is 19.8 Å². The van der Waals surface area contributed by atoms with E-state index in [0.29, 0.717) is 13.1 Å². The van der Waals surface area contributed by atoms with Crippen molar-refractivity contribution in [3.63, 3.8) is 0 Å². The average molecular weight is 477 g/mol. The summed E-state index contributed by atoms with van der Waals surface area (Å²) in [6, 6.07) is 15.9. The van der Waals surface area contributed by atoms with E-state index < -0.39 is 11.7 Å². The lowest BCUT2D eigenvalue weighted by Gasteiger charge is -2.45. The molecule has 1 atom stereocenters. The molecule has 1 aromatic heterocycles. The van der Waals surface area contributed by atoms with Crippen LogP contribution < -0.4 is 14.8 Å². The second-order valence-electron chi connectivity index (χ2n) is 9.19. The minimum absolute atomic E-state index is 0.0970. The minimum atomic E-state index is -0.553. The molecule has 35 heavy (non-hydrogen) atoms. The minimum Gasteiger partial charge on any atom is -0.497 e. The Morgan fingerprint density at radius 2 is 1.66 bits per heavy atom. The van der Waals surface area contributed by atoms with E-state index in [1.165, 1.54) is 5.56 Å². The first kappa shape index (κ1) is 23.4. The summed E-state index contributed by atoms with van der Waals surface area (Å²) in [6.45, 7) is 3.54. The Morgan fingerprint density at radius 1 is 1.03 bits per heavy atom. The number of ether oxygens (including phenoxy) is 3. The van der Waals surface area contributed by atoms with Gasteiger partial charge in [-0.3, -0.25) is 9.69 Å². The monoisotopic (exact) mass is 476 g/mol. The Morgan fingerprint density at radius 3 is 2.29 bits per heavy atom. The van der Waals surface area contributed by atoms with E-state index in [0.717, 1.165) is 55.4 Å². The third kappa shape index (κ3) is 5.04. The molecular formula is C27H32N4O4. The molecule has 0 aliphatic carbocycles. The number of aromatic nitrogens is 2. The number of rotatable bonds is 7. The second-order valence-corrected chi connectivity index (χ2v) is 9.19. The summed E-state index contributed by atoms with van der Waals surface area (Å²) in [7, 11) is 3.32. The molecule has 3 aromatic rings. The zero-order valence-corrected chi connectivity index (χ0v) is 20.3. The fourth-order valence-electron chi connectivity index (χ4n) is 4.98. The van der Waals surface area contributed by atoms with Gasteiger partial charge in [0.15, 0.2) is 6.10 Å². The summed E-state index contributed by atoms with van der Waals surface area (Å²) >= 11 is 0. The number of nitrogens with one attached hydrogen (secondary N) is 1. The zero-order valence-electron chi connectivity index (χ0n) is 20.3. The molecule has 2 aliphatic heterocycles. The van der Waals surface area contributed by atoms with Crippen molar-refractivity contribution in [3.05, 3.63) is 77.9 Å². The summed E-state index contributed by atoms with van der Waals surface area (Å²) in [5, 5.41) is 3.04. The lowest BCUT2D eigenvalue weighted by Crippen LogP contribution is -2.53. The average Bonchev–Trinajstić information content (AvgIpc) is 3.39. The van der Waals surface area contributed by atoms with Crippen LogP contribution in [0.25, 0.3) is 0 Å². The van der Waals surface area contributed by atoms with Gasteiger partial charge < -0.3 is 24.1 Å². The van der Waals surface area contributed by atoms with E-state index in [1.54, 1.807) is 14.2 Å². The lowest BCUT2D eigenvalue weighted by molar-refractivity contribution is -0.174. The highest BCUT2D eigenvalue weighted by Gasteiger charge is 2.47. The van der Waals surface area contributed by atoms with Gasteiger partial charge in [0.2, 0.25) is 0 Å². The molecule has 2 aliphatic rings. The summed E-state index contributed by atoms with van der Waals surface area (Å²) < 4.78 is 19.1. The molecule has 1 fully saturated rings. The van der Waals surface area contributed by atoms with Crippen LogP contribution in [0.2, 0.25) is 0 Å². The molecule has 5 rings (SSSR count). The van der Waals surface area contributed by atoms with Crippen molar-refractivity contribution in [3.8, 4) is 11.5 Å². The maximum absolute atomic E-state index is 13.1. The van der Waals surface area contributed by atoms with Gasteiger partial charge in [-0.25, -0.2) is 4.98 Å². The van der Waals surface area contributed by atoms with Gasteiger partial charge in [-0.15, -0.1) is 0 Å². The summed E-state index contributed by atoms with van der Waals surface area (Å²) in [6.07, 6.45) is 4.79. The fraction of sp³-hybridized carbons (Fsp3) is 0.407. The van der Waals surface area contributed by atoms with E-state index in [2.05, 4.69) is 31.9 Å². The quantitative estimate of drug-likeness (QED) is 0.565. The number of hydrogen-bond acceptors (Lipinski definition) is 6. The maximum Gasteiger partial charge on any atom is 0.251 e. The smallest absolute Gasteiger partial charge is 0.251 e. The zero-order chi connectivity index (χ0) is 24.3. The number of methoxy groups -OCH3 is 2. The van der Waals surface area contributed by atoms with Gasteiger partial charge in [0.05, 0.1) is 20.8 Å². The lowest BCUT2D eigenvalue weighted by atomic mass is 9.88. The van der Waals surface area contributed by atoms with E-state index in [-0.39, 0.29) is 5.91 Å². The van der Waals surface area contributed by atoms with E-state index in [9.17, 15) is 4.79 Å². The highest BCUT2D eigenvalue weighted by Crippen LogP contribution is 2.40. The van der Waals surface area contributed by atoms with Crippen LogP contribution in [0, 0.1) is 0 Å². The number of hydrogen-bond donors (Lipinski definition) is 1. The van der Waals surface area contributed by atoms with Crippen molar-refractivity contribution in [2.24, 2.45) is 0 Å². The molecule has 1 amide bonds. The van der Waals surface area contributed by atoms with Gasteiger partial charge in [-0.1, -0.05) is 24.3 Å². The van der Waals surface area contributed by atoms with Crippen LogP contribution in [-0.4, -0.2) is 53.8 Å². The number of imidazole rings is 1. The summed E-state index contributed by atoms with van der Waals surface area (Å²) in [4.78, 5) is 20.1. The number of nitrogens with zero attached hydrogens (tertiary/aromatic N) is 3. The van der Waals surface area contributed by atoms with Crippen molar-refractivity contribution in [2.75, 3.05) is 27.3 Å².